The van der Waals surface area contributed by atoms with E-state index in [1.165, 1.54) is 10.6 Å². The Morgan fingerprint density at radius 3 is 2.41 bits per heavy atom. The maximum Gasteiger partial charge on any atom is 0.337 e. The first-order chi connectivity index (χ1) is 13.0. The molecule has 146 valence electrons. The molecule has 0 spiro atoms. The standard InChI is InChI=1S/C21H28N2O3S/c1-4-10-23(11-5-2)20-16(9-12-27-20)13-15-7-8-18(22-19(24)6-3)17(14-15)21(25)26/h7-9,12,14H,4-6,10-11,13H2,1-3H3,(H,22,24)(H,25,26). The minimum Gasteiger partial charge on any atom is -0.478 e. The highest BCUT2D eigenvalue weighted by Crippen LogP contribution is 2.31. The van der Waals surface area contributed by atoms with Crippen molar-refractivity contribution in [2.24, 2.45) is 0 Å². The molecule has 0 saturated carbocycles. The van der Waals surface area contributed by atoms with Crippen LogP contribution in [0.4, 0.5) is 10.7 Å². The van der Waals surface area contributed by atoms with Gasteiger partial charge in [0.2, 0.25) is 5.91 Å². The number of carbonyl (C=O) groups excluding carboxylic acids is 1. The van der Waals surface area contributed by atoms with Gasteiger partial charge >= 0.3 is 5.97 Å². The molecule has 0 atom stereocenters. The molecule has 1 amide bonds. The van der Waals surface area contributed by atoms with Crippen molar-refractivity contribution in [3.63, 3.8) is 0 Å². The summed E-state index contributed by atoms with van der Waals surface area (Å²) < 4.78 is 0. The molecule has 0 fully saturated rings. The molecule has 1 aromatic carbocycles. The number of nitrogens with one attached hydrogen (secondary N) is 1. The average molecular weight is 389 g/mol. The van der Waals surface area contributed by atoms with Gasteiger partial charge < -0.3 is 15.3 Å². The summed E-state index contributed by atoms with van der Waals surface area (Å²) >= 11 is 1.73. The predicted octanol–water partition coefficient (Wildman–Crippen LogP) is 5.01. The van der Waals surface area contributed by atoms with E-state index < -0.39 is 5.97 Å². The van der Waals surface area contributed by atoms with Gasteiger partial charge in [-0.25, -0.2) is 4.79 Å². The number of rotatable bonds is 10. The first-order valence-corrected chi connectivity index (χ1v) is 10.3. The highest BCUT2D eigenvalue weighted by atomic mass is 32.1. The quantitative estimate of drug-likeness (QED) is 0.600. The summed E-state index contributed by atoms with van der Waals surface area (Å²) in [5.41, 5.74) is 2.62. The Balaban J connectivity index is 2.28. The number of carboxylic acid groups (broad SMARTS) is 1. The van der Waals surface area contributed by atoms with Gasteiger partial charge in [-0.1, -0.05) is 26.8 Å². The minimum atomic E-state index is -1.03. The number of benzene rings is 1. The second-order valence-electron chi connectivity index (χ2n) is 6.50. The lowest BCUT2D eigenvalue weighted by atomic mass is 10.0. The number of thiophene rings is 1. The van der Waals surface area contributed by atoms with Crippen molar-refractivity contribution < 1.29 is 14.7 Å². The van der Waals surface area contributed by atoms with Crippen LogP contribution in [0.25, 0.3) is 0 Å². The molecule has 1 heterocycles. The third-order valence-electron chi connectivity index (χ3n) is 4.30. The number of nitrogens with zero attached hydrogens (tertiary/aromatic N) is 1. The fraction of sp³-hybridized carbons (Fsp3) is 0.429. The largest absolute Gasteiger partial charge is 0.478 e. The summed E-state index contributed by atoms with van der Waals surface area (Å²) in [7, 11) is 0. The van der Waals surface area contributed by atoms with E-state index in [1.807, 2.05) is 6.07 Å². The van der Waals surface area contributed by atoms with Crippen molar-refractivity contribution in [3.05, 3.63) is 46.3 Å². The molecule has 2 N–H and O–H groups in total. The summed E-state index contributed by atoms with van der Waals surface area (Å²) in [6.07, 6.45) is 3.16. The van der Waals surface area contributed by atoms with E-state index in [0.29, 0.717) is 18.5 Å². The molecule has 0 aliphatic rings. The number of hydrogen-bond acceptors (Lipinski definition) is 4. The van der Waals surface area contributed by atoms with E-state index >= 15 is 0 Å². The van der Waals surface area contributed by atoms with Crippen LogP contribution in [0.2, 0.25) is 0 Å². The fourth-order valence-corrected chi connectivity index (χ4v) is 4.02. The second-order valence-corrected chi connectivity index (χ2v) is 7.40. The van der Waals surface area contributed by atoms with Crippen molar-refractivity contribution in [1.82, 2.24) is 0 Å². The minimum absolute atomic E-state index is 0.130. The van der Waals surface area contributed by atoms with E-state index in [2.05, 4.69) is 35.5 Å². The highest BCUT2D eigenvalue weighted by Gasteiger charge is 2.16. The SMILES string of the molecule is CCCN(CCC)c1sccc1Cc1ccc(NC(=O)CC)c(C(=O)O)c1. The monoisotopic (exact) mass is 388 g/mol. The summed E-state index contributed by atoms with van der Waals surface area (Å²) in [5, 5.41) is 15.5. The van der Waals surface area contributed by atoms with Crippen LogP contribution in [0.3, 0.4) is 0 Å². The van der Waals surface area contributed by atoms with Gasteiger partial charge in [-0.2, -0.15) is 0 Å². The van der Waals surface area contributed by atoms with Crippen molar-refractivity contribution >= 4 is 33.9 Å². The zero-order valence-electron chi connectivity index (χ0n) is 16.2. The highest BCUT2D eigenvalue weighted by molar-refractivity contribution is 7.14. The molecule has 0 aliphatic carbocycles. The van der Waals surface area contributed by atoms with Crippen LogP contribution in [0.1, 0.15) is 61.5 Å². The molecule has 27 heavy (non-hydrogen) atoms. The molecule has 0 unspecified atom stereocenters. The van der Waals surface area contributed by atoms with Crippen LogP contribution >= 0.6 is 11.3 Å². The number of aromatic carboxylic acids is 1. The van der Waals surface area contributed by atoms with Crippen molar-refractivity contribution in [2.45, 2.75) is 46.5 Å². The van der Waals surface area contributed by atoms with Crippen molar-refractivity contribution in [3.8, 4) is 0 Å². The van der Waals surface area contributed by atoms with Crippen LogP contribution in [0.5, 0.6) is 0 Å². The maximum atomic E-state index is 11.6. The van der Waals surface area contributed by atoms with Gasteiger partial charge in [-0.3, -0.25) is 4.79 Å². The lowest BCUT2D eigenvalue weighted by Crippen LogP contribution is -2.24. The van der Waals surface area contributed by atoms with Gasteiger partial charge in [0.1, 0.15) is 0 Å². The Bertz CT molecular complexity index is 779. The maximum absolute atomic E-state index is 11.6. The first-order valence-electron chi connectivity index (χ1n) is 9.47. The van der Waals surface area contributed by atoms with Crippen LogP contribution in [0.15, 0.2) is 29.6 Å². The topological polar surface area (TPSA) is 69.6 Å². The lowest BCUT2D eigenvalue weighted by molar-refractivity contribution is -0.115. The fourth-order valence-electron chi connectivity index (χ4n) is 3.04. The van der Waals surface area contributed by atoms with Crippen LogP contribution in [-0.2, 0) is 11.2 Å². The van der Waals surface area contributed by atoms with Gasteiger partial charge in [-0.15, -0.1) is 11.3 Å². The van der Waals surface area contributed by atoms with E-state index in [1.54, 1.807) is 30.4 Å². The molecule has 2 aromatic rings. The number of carbonyl (C=O) groups is 2. The van der Waals surface area contributed by atoms with Gasteiger partial charge in [-0.05, 0) is 47.5 Å². The molecule has 6 heteroatoms. The van der Waals surface area contributed by atoms with Gasteiger partial charge in [0, 0.05) is 25.9 Å². The number of amides is 1. The Kier molecular flexibility index (Phi) is 7.85. The van der Waals surface area contributed by atoms with Crippen molar-refractivity contribution in [1.29, 1.82) is 0 Å². The number of carboxylic acids is 1. The molecular weight excluding hydrogens is 360 g/mol. The normalized spacial score (nSPS) is 10.6. The van der Waals surface area contributed by atoms with E-state index in [4.69, 9.17) is 0 Å². The molecule has 0 radical (unpaired) electrons. The average Bonchev–Trinajstić information content (AvgIpc) is 3.10. The summed E-state index contributed by atoms with van der Waals surface area (Å²) in [6.45, 7) is 8.13. The van der Waals surface area contributed by atoms with Crippen LogP contribution in [-0.4, -0.2) is 30.1 Å². The van der Waals surface area contributed by atoms with Crippen molar-refractivity contribution in [2.75, 3.05) is 23.3 Å². The lowest BCUT2D eigenvalue weighted by Gasteiger charge is -2.23. The summed E-state index contributed by atoms with van der Waals surface area (Å²) in [6, 6.07) is 7.36. The van der Waals surface area contributed by atoms with E-state index in [-0.39, 0.29) is 11.5 Å². The third kappa shape index (κ3) is 5.57. The predicted molar refractivity (Wildman–Crippen MR) is 112 cm³/mol. The van der Waals surface area contributed by atoms with E-state index in [9.17, 15) is 14.7 Å². The van der Waals surface area contributed by atoms with Crippen LogP contribution < -0.4 is 10.2 Å². The molecule has 1 aromatic heterocycles. The molecular formula is C21H28N2O3S. The van der Waals surface area contributed by atoms with E-state index in [0.717, 1.165) is 31.5 Å². The first kappa shape index (κ1) is 21.0. The van der Waals surface area contributed by atoms with Gasteiger partial charge in [0.25, 0.3) is 0 Å². The number of anilines is 2. The molecule has 0 aliphatic heterocycles. The molecule has 2 rings (SSSR count). The summed E-state index contributed by atoms with van der Waals surface area (Å²) in [4.78, 5) is 25.7. The number of hydrogen-bond donors (Lipinski definition) is 2. The zero-order valence-corrected chi connectivity index (χ0v) is 17.1. The van der Waals surface area contributed by atoms with Gasteiger partial charge in [0.05, 0.1) is 16.3 Å². The Morgan fingerprint density at radius 1 is 1.11 bits per heavy atom. The Labute approximate surface area is 165 Å². The molecule has 0 saturated heterocycles. The van der Waals surface area contributed by atoms with Crippen LogP contribution in [0, 0.1) is 0 Å². The Morgan fingerprint density at radius 2 is 1.81 bits per heavy atom. The zero-order chi connectivity index (χ0) is 19.8. The summed E-state index contributed by atoms with van der Waals surface area (Å²) in [5.74, 6) is -1.23. The van der Waals surface area contributed by atoms with Gasteiger partial charge in [0.15, 0.2) is 0 Å². The third-order valence-corrected chi connectivity index (χ3v) is 5.32. The second kappa shape index (κ2) is 10.1. The molecule has 0 bridgehead atoms. The smallest absolute Gasteiger partial charge is 0.337 e. The Hall–Kier alpha value is -2.34. The molecule has 5 nitrogen and oxygen atoms in total.